The van der Waals surface area contributed by atoms with E-state index < -0.39 is 12.2 Å². The lowest BCUT2D eigenvalue weighted by atomic mass is 10.00. The Morgan fingerprint density at radius 1 is 1.44 bits per heavy atom. The number of aliphatic hydroxyl groups is 2. The molecule has 2 unspecified atom stereocenters. The van der Waals surface area contributed by atoms with Gasteiger partial charge in [-0.25, -0.2) is 0 Å². The first-order chi connectivity index (χ1) is 8.54. The Morgan fingerprint density at radius 3 is 2.78 bits per heavy atom. The van der Waals surface area contributed by atoms with Crippen LogP contribution in [0, 0.1) is 0 Å². The molecule has 5 nitrogen and oxygen atoms in total. The van der Waals surface area contributed by atoms with Gasteiger partial charge in [0, 0.05) is 20.0 Å². The lowest BCUT2D eigenvalue weighted by Gasteiger charge is -2.18. The lowest BCUT2D eigenvalue weighted by Crippen LogP contribution is -2.27. The molecule has 5 N–H and O–H groups in total. The topological polar surface area (TPSA) is 95.6 Å². The van der Waals surface area contributed by atoms with Crippen LogP contribution in [0.2, 0.25) is 0 Å². The molecule has 0 aromatic heterocycles. The minimum absolute atomic E-state index is 0.151. The fraction of sp³-hybridized carbons (Fsp3) is 0.462. The number of rotatable bonds is 6. The number of nitrogens with two attached hydrogens (primary N) is 1. The van der Waals surface area contributed by atoms with Crippen molar-refractivity contribution in [2.24, 2.45) is 5.73 Å². The summed E-state index contributed by atoms with van der Waals surface area (Å²) < 4.78 is 0. The van der Waals surface area contributed by atoms with Crippen molar-refractivity contribution in [2.45, 2.75) is 32.1 Å². The average Bonchev–Trinajstić information content (AvgIpc) is 2.37. The van der Waals surface area contributed by atoms with Crippen LogP contribution >= 0.6 is 0 Å². The molecule has 1 aromatic carbocycles. The average molecular weight is 252 g/mol. The van der Waals surface area contributed by atoms with Crippen molar-refractivity contribution in [1.82, 2.24) is 5.32 Å². The summed E-state index contributed by atoms with van der Waals surface area (Å²) >= 11 is 0. The molecule has 0 saturated carbocycles. The van der Waals surface area contributed by atoms with Gasteiger partial charge < -0.3 is 21.3 Å². The molecule has 18 heavy (non-hydrogen) atoms. The van der Waals surface area contributed by atoms with Gasteiger partial charge in [0.1, 0.15) is 6.10 Å². The first-order valence-electron chi connectivity index (χ1n) is 5.94. The third-order valence-corrected chi connectivity index (χ3v) is 2.71. The zero-order valence-electron chi connectivity index (χ0n) is 10.5. The minimum atomic E-state index is -0.967. The molecule has 5 heteroatoms. The van der Waals surface area contributed by atoms with Crippen molar-refractivity contribution in [3.63, 3.8) is 0 Å². The summed E-state index contributed by atoms with van der Waals surface area (Å²) in [4.78, 5) is 10.7. The highest BCUT2D eigenvalue weighted by Gasteiger charge is 2.18. The molecule has 0 spiro atoms. The summed E-state index contributed by atoms with van der Waals surface area (Å²) in [6.45, 7) is 2.14. The maximum Gasteiger partial charge on any atom is 0.216 e. The van der Waals surface area contributed by atoms with E-state index >= 15 is 0 Å². The third kappa shape index (κ3) is 4.44. The second-order valence-electron chi connectivity index (χ2n) is 4.23. The Kier molecular flexibility index (Phi) is 5.77. The van der Waals surface area contributed by atoms with E-state index in [0.717, 1.165) is 5.56 Å². The van der Waals surface area contributed by atoms with Crippen molar-refractivity contribution in [3.8, 4) is 0 Å². The molecule has 0 aliphatic heterocycles. The Labute approximate surface area is 107 Å². The van der Waals surface area contributed by atoms with Crippen LogP contribution in [-0.2, 0) is 11.3 Å². The lowest BCUT2D eigenvalue weighted by molar-refractivity contribution is -0.119. The van der Waals surface area contributed by atoms with E-state index in [1.165, 1.54) is 6.92 Å². The molecule has 2 atom stereocenters. The quantitative estimate of drug-likeness (QED) is 0.576. The maximum absolute atomic E-state index is 10.7. The Balaban J connectivity index is 2.56. The Morgan fingerprint density at radius 2 is 2.17 bits per heavy atom. The number of hydrogen-bond donors (Lipinski definition) is 4. The number of aliphatic hydroxyl groups excluding tert-OH is 2. The Bertz CT molecular complexity index is 396. The first kappa shape index (κ1) is 14.6. The smallest absolute Gasteiger partial charge is 0.216 e. The van der Waals surface area contributed by atoms with E-state index in [9.17, 15) is 15.0 Å². The summed E-state index contributed by atoms with van der Waals surface area (Å²) in [7, 11) is 0. The summed E-state index contributed by atoms with van der Waals surface area (Å²) in [6.07, 6.45) is -1.58. The molecule has 0 heterocycles. The van der Waals surface area contributed by atoms with Crippen molar-refractivity contribution in [1.29, 1.82) is 0 Å². The van der Waals surface area contributed by atoms with Crippen LogP contribution < -0.4 is 11.1 Å². The highest BCUT2D eigenvalue weighted by atomic mass is 16.3. The van der Waals surface area contributed by atoms with Crippen LogP contribution in [0.1, 0.15) is 30.6 Å². The van der Waals surface area contributed by atoms with E-state index in [0.29, 0.717) is 25.1 Å². The summed E-state index contributed by atoms with van der Waals surface area (Å²) in [6, 6.07) is 7.17. The predicted octanol–water partition coefficient (Wildman–Crippen LogP) is 0.0658. The van der Waals surface area contributed by atoms with E-state index in [1.807, 2.05) is 6.07 Å². The van der Waals surface area contributed by atoms with Crippen molar-refractivity contribution < 1.29 is 15.0 Å². The van der Waals surface area contributed by atoms with Gasteiger partial charge in [-0.2, -0.15) is 0 Å². The molecule has 0 saturated heterocycles. The minimum Gasteiger partial charge on any atom is -0.390 e. The molecule has 100 valence electrons. The van der Waals surface area contributed by atoms with Gasteiger partial charge in [0.15, 0.2) is 0 Å². The van der Waals surface area contributed by atoms with Crippen LogP contribution in [0.3, 0.4) is 0 Å². The molecule has 1 rings (SSSR count). The maximum atomic E-state index is 10.7. The zero-order valence-corrected chi connectivity index (χ0v) is 10.5. The summed E-state index contributed by atoms with van der Waals surface area (Å²) in [5, 5.41) is 22.4. The van der Waals surface area contributed by atoms with Gasteiger partial charge in [-0.15, -0.1) is 0 Å². The molecule has 0 fully saturated rings. The second-order valence-corrected chi connectivity index (χ2v) is 4.23. The summed E-state index contributed by atoms with van der Waals surface area (Å²) in [5.41, 5.74) is 7.05. The molecule has 0 aliphatic rings. The molecule has 0 bridgehead atoms. The monoisotopic (exact) mass is 252 g/mol. The third-order valence-electron chi connectivity index (χ3n) is 2.71. The highest BCUT2D eigenvalue weighted by molar-refractivity contribution is 5.72. The van der Waals surface area contributed by atoms with Crippen molar-refractivity contribution >= 4 is 5.91 Å². The number of amides is 1. The fourth-order valence-corrected chi connectivity index (χ4v) is 1.68. The van der Waals surface area contributed by atoms with E-state index in [4.69, 9.17) is 5.73 Å². The second kappa shape index (κ2) is 7.10. The van der Waals surface area contributed by atoms with Crippen LogP contribution in [-0.4, -0.2) is 28.8 Å². The zero-order chi connectivity index (χ0) is 13.5. The van der Waals surface area contributed by atoms with Gasteiger partial charge >= 0.3 is 0 Å². The van der Waals surface area contributed by atoms with Gasteiger partial charge in [0.2, 0.25) is 5.91 Å². The Hall–Kier alpha value is -1.43. The van der Waals surface area contributed by atoms with Gasteiger partial charge in [-0.3, -0.25) is 4.79 Å². The van der Waals surface area contributed by atoms with Crippen LogP contribution in [0.15, 0.2) is 24.3 Å². The fourth-order valence-electron chi connectivity index (χ4n) is 1.68. The normalized spacial score (nSPS) is 14.0. The van der Waals surface area contributed by atoms with E-state index in [1.54, 1.807) is 18.2 Å². The number of benzene rings is 1. The number of carbonyl (C=O) groups is 1. The highest BCUT2D eigenvalue weighted by Crippen LogP contribution is 2.19. The van der Waals surface area contributed by atoms with Crippen LogP contribution in [0.5, 0.6) is 0 Å². The largest absolute Gasteiger partial charge is 0.390 e. The first-order valence-corrected chi connectivity index (χ1v) is 5.94. The number of nitrogens with one attached hydrogen (secondary N) is 1. The molecule has 1 amide bonds. The molecule has 0 aliphatic carbocycles. The van der Waals surface area contributed by atoms with Gasteiger partial charge in [0.05, 0.1) is 6.10 Å². The van der Waals surface area contributed by atoms with Crippen LogP contribution in [0.4, 0.5) is 0 Å². The molecule has 1 aromatic rings. The number of carbonyl (C=O) groups excluding carboxylic acids is 1. The SMILES string of the molecule is CC(=O)NCCC(O)C(O)c1cccc(CN)c1. The van der Waals surface area contributed by atoms with Gasteiger partial charge in [-0.1, -0.05) is 24.3 Å². The standard InChI is InChI=1S/C13H20N2O3/c1-9(16)15-6-5-12(17)13(18)11-4-2-3-10(7-11)8-14/h2-4,7,12-13,17-18H,5-6,8,14H2,1H3,(H,15,16). The predicted molar refractivity (Wildman–Crippen MR) is 68.6 cm³/mol. The number of hydrogen-bond acceptors (Lipinski definition) is 4. The van der Waals surface area contributed by atoms with Crippen molar-refractivity contribution in [3.05, 3.63) is 35.4 Å². The van der Waals surface area contributed by atoms with E-state index in [-0.39, 0.29) is 5.91 Å². The van der Waals surface area contributed by atoms with Gasteiger partial charge in [0.25, 0.3) is 0 Å². The van der Waals surface area contributed by atoms with Crippen molar-refractivity contribution in [2.75, 3.05) is 6.54 Å². The molecule has 0 radical (unpaired) electrons. The summed E-state index contributed by atoms with van der Waals surface area (Å²) in [5.74, 6) is -0.151. The molecular formula is C13H20N2O3. The molecular weight excluding hydrogens is 232 g/mol. The van der Waals surface area contributed by atoms with Crippen LogP contribution in [0.25, 0.3) is 0 Å². The van der Waals surface area contributed by atoms with E-state index in [2.05, 4.69) is 5.32 Å². The van der Waals surface area contributed by atoms with Gasteiger partial charge in [-0.05, 0) is 17.5 Å².